The molecule has 1 saturated heterocycles. The second-order valence-electron chi connectivity index (χ2n) is 5.56. The predicted molar refractivity (Wildman–Crippen MR) is 87.1 cm³/mol. The number of aromatic nitrogens is 2. The van der Waals surface area contributed by atoms with Gasteiger partial charge in [-0.25, -0.2) is 4.98 Å². The quantitative estimate of drug-likeness (QED) is 0.912. The molecule has 0 radical (unpaired) electrons. The van der Waals surface area contributed by atoms with Crippen LogP contribution in [-0.4, -0.2) is 58.5 Å². The van der Waals surface area contributed by atoms with E-state index in [1.807, 2.05) is 41.4 Å². The first-order valence-electron chi connectivity index (χ1n) is 7.97. The van der Waals surface area contributed by atoms with Gasteiger partial charge >= 0.3 is 0 Å². The molecule has 0 saturated carbocycles. The summed E-state index contributed by atoms with van der Waals surface area (Å²) in [6, 6.07) is 9.54. The fourth-order valence-electron chi connectivity index (χ4n) is 2.90. The standard InChI is InChI=1S/C17H22N4O2/c1-2-20-10-11-21(12-15(20)17-18-8-9-19-17)16(22)13-23-14-6-4-3-5-7-14/h3-9,15H,2,10-13H2,1H3,(H,18,19). The summed E-state index contributed by atoms with van der Waals surface area (Å²) in [5, 5.41) is 0. The molecule has 1 amide bonds. The van der Waals surface area contributed by atoms with Crippen molar-refractivity contribution < 1.29 is 9.53 Å². The van der Waals surface area contributed by atoms with Crippen LogP contribution in [0.25, 0.3) is 0 Å². The number of nitrogens with zero attached hydrogens (tertiary/aromatic N) is 3. The van der Waals surface area contributed by atoms with E-state index in [9.17, 15) is 4.79 Å². The molecular formula is C17H22N4O2. The van der Waals surface area contributed by atoms with Crippen molar-refractivity contribution in [2.24, 2.45) is 0 Å². The molecule has 1 aromatic heterocycles. The van der Waals surface area contributed by atoms with Crippen LogP contribution in [0.4, 0.5) is 0 Å². The Kier molecular flexibility index (Phi) is 4.92. The summed E-state index contributed by atoms with van der Waals surface area (Å²) >= 11 is 0. The number of carbonyl (C=O) groups is 1. The predicted octanol–water partition coefficient (Wildman–Crippen LogP) is 1.69. The first-order chi connectivity index (χ1) is 11.3. The maximum absolute atomic E-state index is 12.4. The lowest BCUT2D eigenvalue weighted by atomic mass is 10.1. The molecule has 122 valence electrons. The molecule has 2 aromatic rings. The van der Waals surface area contributed by atoms with Gasteiger partial charge in [-0.05, 0) is 18.7 Å². The zero-order valence-corrected chi connectivity index (χ0v) is 13.3. The number of benzene rings is 1. The van der Waals surface area contributed by atoms with Crippen LogP contribution in [0.2, 0.25) is 0 Å². The monoisotopic (exact) mass is 314 g/mol. The average Bonchev–Trinajstić information content (AvgIpc) is 3.14. The Labute approximate surface area is 136 Å². The number of aromatic amines is 1. The zero-order valence-electron chi connectivity index (χ0n) is 13.3. The topological polar surface area (TPSA) is 61.5 Å². The minimum Gasteiger partial charge on any atom is -0.484 e. The first-order valence-corrected chi connectivity index (χ1v) is 7.97. The number of piperazine rings is 1. The summed E-state index contributed by atoms with van der Waals surface area (Å²) in [7, 11) is 0. The maximum Gasteiger partial charge on any atom is 0.260 e. The molecule has 1 aliphatic rings. The van der Waals surface area contributed by atoms with E-state index in [2.05, 4.69) is 21.8 Å². The second kappa shape index (κ2) is 7.28. The van der Waals surface area contributed by atoms with Gasteiger partial charge in [-0.1, -0.05) is 25.1 Å². The highest BCUT2D eigenvalue weighted by Crippen LogP contribution is 2.22. The van der Waals surface area contributed by atoms with E-state index in [1.54, 1.807) is 6.20 Å². The van der Waals surface area contributed by atoms with Crippen LogP contribution in [0.3, 0.4) is 0 Å². The number of rotatable bonds is 5. The van der Waals surface area contributed by atoms with Crippen LogP contribution in [0.15, 0.2) is 42.7 Å². The summed E-state index contributed by atoms with van der Waals surface area (Å²) in [4.78, 5) is 24.2. The number of para-hydroxylation sites is 1. The summed E-state index contributed by atoms with van der Waals surface area (Å²) in [5.74, 6) is 1.64. The Morgan fingerprint density at radius 1 is 1.35 bits per heavy atom. The largest absolute Gasteiger partial charge is 0.484 e. The van der Waals surface area contributed by atoms with Crippen molar-refractivity contribution in [1.29, 1.82) is 0 Å². The van der Waals surface area contributed by atoms with Crippen molar-refractivity contribution in [3.63, 3.8) is 0 Å². The van der Waals surface area contributed by atoms with E-state index in [4.69, 9.17) is 4.74 Å². The third-order valence-corrected chi connectivity index (χ3v) is 4.19. The van der Waals surface area contributed by atoms with Gasteiger partial charge in [0.25, 0.3) is 5.91 Å². The SMILES string of the molecule is CCN1CCN(C(=O)COc2ccccc2)CC1c1ncc[nH]1. The average molecular weight is 314 g/mol. The number of amides is 1. The van der Waals surface area contributed by atoms with Gasteiger partial charge in [-0.2, -0.15) is 0 Å². The fourth-order valence-corrected chi connectivity index (χ4v) is 2.90. The maximum atomic E-state index is 12.4. The number of likely N-dealkylation sites (N-methyl/N-ethyl adjacent to an activating group) is 1. The van der Waals surface area contributed by atoms with Crippen LogP contribution in [0.1, 0.15) is 18.8 Å². The normalized spacial score (nSPS) is 18.8. The van der Waals surface area contributed by atoms with Crippen LogP contribution in [0.5, 0.6) is 5.75 Å². The Balaban J connectivity index is 1.60. The molecule has 0 bridgehead atoms. The van der Waals surface area contributed by atoms with Gasteiger partial charge in [0.1, 0.15) is 11.6 Å². The van der Waals surface area contributed by atoms with Crippen molar-refractivity contribution in [2.75, 3.05) is 32.8 Å². The first kappa shape index (κ1) is 15.6. The Morgan fingerprint density at radius 3 is 2.87 bits per heavy atom. The number of hydrogen-bond acceptors (Lipinski definition) is 4. The van der Waals surface area contributed by atoms with Gasteiger partial charge in [0.15, 0.2) is 6.61 Å². The van der Waals surface area contributed by atoms with E-state index < -0.39 is 0 Å². The summed E-state index contributed by atoms with van der Waals surface area (Å²) in [5.41, 5.74) is 0. The molecule has 1 aromatic carbocycles. The molecule has 6 nitrogen and oxygen atoms in total. The van der Waals surface area contributed by atoms with Gasteiger partial charge in [-0.3, -0.25) is 9.69 Å². The van der Waals surface area contributed by atoms with Crippen molar-refractivity contribution >= 4 is 5.91 Å². The van der Waals surface area contributed by atoms with E-state index in [1.165, 1.54) is 0 Å². The van der Waals surface area contributed by atoms with Crippen LogP contribution in [-0.2, 0) is 4.79 Å². The molecular weight excluding hydrogens is 292 g/mol. The minimum absolute atomic E-state index is 0.0150. The Hall–Kier alpha value is -2.34. The summed E-state index contributed by atoms with van der Waals surface area (Å²) in [6.07, 6.45) is 3.57. The number of hydrogen-bond donors (Lipinski definition) is 1. The van der Waals surface area contributed by atoms with Crippen LogP contribution >= 0.6 is 0 Å². The van der Waals surface area contributed by atoms with Gasteiger partial charge < -0.3 is 14.6 Å². The van der Waals surface area contributed by atoms with Crippen molar-refractivity contribution in [1.82, 2.24) is 19.8 Å². The van der Waals surface area contributed by atoms with E-state index in [0.29, 0.717) is 6.54 Å². The van der Waals surface area contributed by atoms with Crippen LogP contribution in [0, 0.1) is 0 Å². The highest BCUT2D eigenvalue weighted by molar-refractivity contribution is 5.78. The molecule has 3 rings (SSSR count). The lowest BCUT2D eigenvalue weighted by Gasteiger charge is -2.40. The zero-order chi connectivity index (χ0) is 16.1. The summed E-state index contributed by atoms with van der Waals surface area (Å²) in [6.45, 7) is 5.35. The molecule has 23 heavy (non-hydrogen) atoms. The van der Waals surface area contributed by atoms with Gasteiger partial charge in [0.2, 0.25) is 0 Å². The molecule has 1 atom stereocenters. The highest BCUT2D eigenvalue weighted by atomic mass is 16.5. The van der Waals surface area contributed by atoms with Crippen molar-refractivity contribution in [2.45, 2.75) is 13.0 Å². The lowest BCUT2D eigenvalue weighted by Crippen LogP contribution is -2.51. The molecule has 0 spiro atoms. The second-order valence-corrected chi connectivity index (χ2v) is 5.56. The third-order valence-electron chi connectivity index (χ3n) is 4.19. The number of H-pyrrole nitrogens is 1. The smallest absolute Gasteiger partial charge is 0.260 e. The minimum atomic E-state index is 0.0150. The molecule has 1 fully saturated rings. The molecule has 6 heteroatoms. The van der Waals surface area contributed by atoms with Crippen molar-refractivity contribution in [3.8, 4) is 5.75 Å². The Bertz CT molecular complexity index is 615. The highest BCUT2D eigenvalue weighted by Gasteiger charge is 2.31. The molecule has 0 aliphatic carbocycles. The molecule has 1 N–H and O–H groups in total. The Morgan fingerprint density at radius 2 is 2.17 bits per heavy atom. The molecule has 1 unspecified atom stereocenters. The number of ether oxygens (including phenoxy) is 1. The molecule has 1 aliphatic heterocycles. The van der Waals surface area contributed by atoms with Gasteiger partial charge in [-0.15, -0.1) is 0 Å². The van der Waals surface area contributed by atoms with Gasteiger partial charge in [0, 0.05) is 32.0 Å². The van der Waals surface area contributed by atoms with Crippen LogP contribution < -0.4 is 4.74 Å². The van der Waals surface area contributed by atoms with Crippen molar-refractivity contribution in [3.05, 3.63) is 48.5 Å². The number of carbonyl (C=O) groups excluding carboxylic acids is 1. The lowest BCUT2D eigenvalue weighted by molar-refractivity contribution is -0.136. The number of nitrogens with one attached hydrogen (secondary N) is 1. The third kappa shape index (κ3) is 3.71. The van der Waals surface area contributed by atoms with Gasteiger partial charge in [0.05, 0.1) is 6.04 Å². The fraction of sp³-hybridized carbons (Fsp3) is 0.412. The number of imidazole rings is 1. The van der Waals surface area contributed by atoms with E-state index in [0.717, 1.165) is 31.2 Å². The molecule has 2 heterocycles. The summed E-state index contributed by atoms with van der Waals surface area (Å²) < 4.78 is 5.57. The van der Waals surface area contributed by atoms with E-state index in [-0.39, 0.29) is 18.6 Å². The van der Waals surface area contributed by atoms with E-state index >= 15 is 0 Å².